The van der Waals surface area contributed by atoms with Crippen molar-refractivity contribution in [1.82, 2.24) is 5.32 Å². The third-order valence-corrected chi connectivity index (χ3v) is 4.33. The zero-order valence-electron chi connectivity index (χ0n) is 16.6. The molecule has 0 aliphatic rings. The third-order valence-electron chi connectivity index (χ3n) is 4.33. The molecule has 0 saturated heterocycles. The number of anilines is 1. The number of carbonyl (C=O) groups excluding carboxylic acids is 3. The molecular weight excluding hydrogens is 396 g/mol. The third kappa shape index (κ3) is 5.57. The molecular formula is C24H19N2O5-. The number of rotatable bonds is 7. The normalized spacial score (nSPS) is 10.8. The molecule has 0 aromatic heterocycles. The Bertz CT molecular complexity index is 1120. The molecule has 0 aliphatic heterocycles. The summed E-state index contributed by atoms with van der Waals surface area (Å²) < 4.78 is 5.22. The quantitative estimate of drug-likeness (QED) is 0.577. The van der Waals surface area contributed by atoms with Crippen molar-refractivity contribution in [2.75, 3.05) is 12.4 Å². The lowest BCUT2D eigenvalue weighted by Crippen LogP contribution is -2.31. The van der Waals surface area contributed by atoms with Crippen LogP contribution in [0.25, 0.3) is 6.08 Å². The van der Waals surface area contributed by atoms with Crippen LogP contribution >= 0.6 is 0 Å². The molecule has 3 aromatic carbocycles. The van der Waals surface area contributed by atoms with Crippen molar-refractivity contribution in [2.45, 2.75) is 0 Å². The fraction of sp³-hybridized carbons (Fsp3) is 0.0417. The largest absolute Gasteiger partial charge is 0.545 e. The molecule has 0 saturated carbocycles. The molecule has 2 N–H and O–H groups in total. The highest BCUT2D eigenvalue weighted by atomic mass is 16.5. The van der Waals surface area contributed by atoms with Crippen LogP contribution in [0.2, 0.25) is 0 Å². The zero-order valence-corrected chi connectivity index (χ0v) is 16.6. The van der Waals surface area contributed by atoms with Crippen LogP contribution in [0.3, 0.4) is 0 Å². The number of methoxy groups -OCH3 is 1. The number of hydrogen-bond acceptors (Lipinski definition) is 5. The fourth-order valence-electron chi connectivity index (χ4n) is 2.78. The maximum absolute atomic E-state index is 12.9. The van der Waals surface area contributed by atoms with E-state index in [9.17, 15) is 19.5 Å². The molecule has 0 bridgehead atoms. The number of carbonyl (C=O) groups is 3. The van der Waals surface area contributed by atoms with Gasteiger partial charge in [0.05, 0.1) is 18.6 Å². The van der Waals surface area contributed by atoms with Crippen molar-refractivity contribution in [3.8, 4) is 5.75 Å². The lowest BCUT2D eigenvalue weighted by atomic mass is 10.1. The average molecular weight is 415 g/mol. The van der Waals surface area contributed by atoms with E-state index in [2.05, 4.69) is 10.6 Å². The van der Waals surface area contributed by atoms with Crippen molar-refractivity contribution < 1.29 is 24.2 Å². The van der Waals surface area contributed by atoms with Crippen molar-refractivity contribution in [1.29, 1.82) is 0 Å². The number of carboxylic acids is 1. The van der Waals surface area contributed by atoms with Crippen LogP contribution in [0.1, 0.15) is 26.3 Å². The van der Waals surface area contributed by atoms with Crippen molar-refractivity contribution in [3.63, 3.8) is 0 Å². The molecule has 0 spiro atoms. The number of para-hydroxylation sites is 1. The molecule has 0 heterocycles. The molecule has 7 nitrogen and oxygen atoms in total. The minimum Gasteiger partial charge on any atom is -0.545 e. The Labute approximate surface area is 179 Å². The van der Waals surface area contributed by atoms with Gasteiger partial charge in [0.1, 0.15) is 11.4 Å². The predicted molar refractivity (Wildman–Crippen MR) is 114 cm³/mol. The topological polar surface area (TPSA) is 108 Å². The lowest BCUT2D eigenvalue weighted by Gasteiger charge is -2.13. The van der Waals surface area contributed by atoms with Gasteiger partial charge in [-0.25, -0.2) is 0 Å². The van der Waals surface area contributed by atoms with E-state index < -0.39 is 17.8 Å². The van der Waals surface area contributed by atoms with Gasteiger partial charge in [0.25, 0.3) is 11.8 Å². The zero-order chi connectivity index (χ0) is 22.2. The maximum atomic E-state index is 12.9. The Morgan fingerprint density at radius 3 is 2.16 bits per heavy atom. The number of hydrogen-bond donors (Lipinski definition) is 2. The van der Waals surface area contributed by atoms with E-state index in [1.165, 1.54) is 37.5 Å². The Balaban J connectivity index is 1.87. The van der Waals surface area contributed by atoms with E-state index in [0.29, 0.717) is 17.0 Å². The highest BCUT2D eigenvalue weighted by Crippen LogP contribution is 2.18. The van der Waals surface area contributed by atoms with Gasteiger partial charge in [0.15, 0.2) is 0 Å². The molecule has 31 heavy (non-hydrogen) atoms. The smallest absolute Gasteiger partial charge is 0.272 e. The summed E-state index contributed by atoms with van der Waals surface area (Å²) in [4.78, 5) is 36.6. The van der Waals surface area contributed by atoms with E-state index in [1.807, 2.05) is 18.2 Å². The van der Waals surface area contributed by atoms with Crippen LogP contribution in [-0.2, 0) is 4.79 Å². The SMILES string of the molecule is COc1ccccc1C(=O)N/C(=C/c1ccccc1)C(=O)Nc1ccc(C(=O)[O-])cc1. The first-order valence-corrected chi connectivity index (χ1v) is 9.32. The van der Waals surface area contributed by atoms with Gasteiger partial charge in [-0.3, -0.25) is 9.59 Å². The maximum Gasteiger partial charge on any atom is 0.272 e. The summed E-state index contributed by atoms with van der Waals surface area (Å²) in [7, 11) is 1.45. The summed E-state index contributed by atoms with van der Waals surface area (Å²) in [6, 6.07) is 21.2. The molecule has 7 heteroatoms. The molecule has 0 aliphatic carbocycles. The van der Waals surface area contributed by atoms with E-state index in [4.69, 9.17) is 4.74 Å². The highest BCUT2D eigenvalue weighted by Gasteiger charge is 2.17. The van der Waals surface area contributed by atoms with Crippen LogP contribution in [0.4, 0.5) is 5.69 Å². The standard InChI is InChI=1S/C24H20N2O5/c1-31-21-10-6-5-9-19(21)22(27)26-20(15-16-7-3-2-4-8-16)23(28)25-18-13-11-17(12-14-18)24(29)30/h2-15H,1H3,(H,25,28)(H,26,27)(H,29,30)/p-1/b20-15+. The van der Waals surface area contributed by atoms with Crippen LogP contribution < -0.4 is 20.5 Å². The molecule has 0 unspecified atom stereocenters. The van der Waals surface area contributed by atoms with E-state index in [1.54, 1.807) is 36.4 Å². The number of carboxylic acid groups (broad SMARTS) is 1. The number of nitrogens with one attached hydrogen (secondary N) is 2. The van der Waals surface area contributed by atoms with Crippen molar-refractivity contribution >= 4 is 29.5 Å². The molecule has 2 amide bonds. The molecule has 3 rings (SSSR count). The minimum absolute atomic E-state index is 0.00563. The number of aromatic carboxylic acids is 1. The molecule has 3 aromatic rings. The summed E-state index contributed by atoms with van der Waals surface area (Å²) in [5.41, 5.74) is 1.34. The van der Waals surface area contributed by atoms with Gasteiger partial charge < -0.3 is 25.3 Å². The Morgan fingerprint density at radius 2 is 1.52 bits per heavy atom. The second-order valence-electron chi connectivity index (χ2n) is 6.44. The van der Waals surface area contributed by atoms with Gasteiger partial charge in [-0.1, -0.05) is 54.6 Å². The van der Waals surface area contributed by atoms with E-state index in [-0.39, 0.29) is 16.8 Å². The molecule has 156 valence electrons. The molecule has 0 atom stereocenters. The molecule has 0 radical (unpaired) electrons. The highest BCUT2D eigenvalue weighted by molar-refractivity contribution is 6.11. The van der Waals surface area contributed by atoms with E-state index >= 15 is 0 Å². The fourth-order valence-corrected chi connectivity index (χ4v) is 2.78. The van der Waals surface area contributed by atoms with Crippen molar-refractivity contribution in [2.24, 2.45) is 0 Å². The second-order valence-corrected chi connectivity index (χ2v) is 6.44. The summed E-state index contributed by atoms with van der Waals surface area (Å²) in [6.07, 6.45) is 1.54. The first-order chi connectivity index (χ1) is 15.0. The number of amides is 2. The summed E-state index contributed by atoms with van der Waals surface area (Å²) in [6.45, 7) is 0. The number of benzene rings is 3. The van der Waals surface area contributed by atoms with Gasteiger partial charge in [-0.15, -0.1) is 0 Å². The van der Waals surface area contributed by atoms with Gasteiger partial charge in [-0.2, -0.15) is 0 Å². The summed E-state index contributed by atoms with van der Waals surface area (Å²) in [5.74, 6) is -2.03. The van der Waals surface area contributed by atoms with Crippen LogP contribution in [0.15, 0.2) is 84.6 Å². The second kappa shape index (κ2) is 9.89. The van der Waals surface area contributed by atoms with Crippen LogP contribution in [0.5, 0.6) is 5.75 Å². The van der Waals surface area contributed by atoms with Gasteiger partial charge in [-0.05, 0) is 41.5 Å². The summed E-state index contributed by atoms with van der Waals surface area (Å²) >= 11 is 0. The Morgan fingerprint density at radius 1 is 0.871 bits per heavy atom. The monoisotopic (exact) mass is 415 g/mol. The van der Waals surface area contributed by atoms with Crippen LogP contribution in [0, 0.1) is 0 Å². The van der Waals surface area contributed by atoms with Crippen molar-refractivity contribution in [3.05, 3.63) is 101 Å². The van der Waals surface area contributed by atoms with Gasteiger partial charge >= 0.3 is 0 Å². The first kappa shape index (κ1) is 21.3. The number of ether oxygens (including phenoxy) is 1. The van der Waals surface area contributed by atoms with E-state index in [0.717, 1.165) is 0 Å². The average Bonchev–Trinajstić information content (AvgIpc) is 2.79. The Hall–Kier alpha value is -4.39. The first-order valence-electron chi connectivity index (χ1n) is 9.32. The van der Waals surface area contributed by atoms with Gasteiger partial charge in [0.2, 0.25) is 0 Å². The predicted octanol–water partition coefficient (Wildman–Crippen LogP) is 2.47. The lowest BCUT2D eigenvalue weighted by molar-refractivity contribution is -0.255. The van der Waals surface area contributed by atoms with Crippen LogP contribution in [-0.4, -0.2) is 24.9 Å². The summed E-state index contributed by atoms with van der Waals surface area (Å²) in [5, 5.41) is 16.2. The molecule has 0 fully saturated rings. The minimum atomic E-state index is -1.31. The Kier molecular flexibility index (Phi) is 6.80. The van der Waals surface area contributed by atoms with Gasteiger partial charge in [0, 0.05) is 5.69 Å².